The first kappa shape index (κ1) is 21.2. The third-order valence-electron chi connectivity index (χ3n) is 5.76. The zero-order chi connectivity index (χ0) is 23.0. The summed E-state index contributed by atoms with van der Waals surface area (Å²) in [6.45, 7) is 6.99. The van der Waals surface area contributed by atoms with Crippen LogP contribution in [0, 0.1) is 13.8 Å². The van der Waals surface area contributed by atoms with E-state index in [0.29, 0.717) is 28.0 Å². The van der Waals surface area contributed by atoms with Crippen LogP contribution in [-0.2, 0) is 4.79 Å². The first-order chi connectivity index (χ1) is 15.3. The van der Waals surface area contributed by atoms with Gasteiger partial charge in [0.25, 0.3) is 5.56 Å². The van der Waals surface area contributed by atoms with Gasteiger partial charge in [0, 0.05) is 28.0 Å². The first-order valence-corrected chi connectivity index (χ1v) is 10.4. The van der Waals surface area contributed by atoms with Crippen LogP contribution < -0.4 is 10.9 Å². The van der Waals surface area contributed by atoms with Crippen LogP contribution >= 0.6 is 0 Å². The summed E-state index contributed by atoms with van der Waals surface area (Å²) < 4.78 is 3.23. The van der Waals surface area contributed by atoms with E-state index >= 15 is 0 Å². The minimum atomic E-state index is -0.576. The van der Waals surface area contributed by atoms with Crippen LogP contribution in [0.15, 0.2) is 65.6 Å². The average molecular weight is 428 g/mol. The summed E-state index contributed by atoms with van der Waals surface area (Å²) in [5, 5.41) is 8.49. The smallest absolute Gasteiger partial charge is 0.281 e. The van der Waals surface area contributed by atoms with Crippen LogP contribution in [0.3, 0.4) is 0 Å². The van der Waals surface area contributed by atoms with Crippen molar-refractivity contribution in [1.29, 1.82) is 0 Å². The molecule has 0 bridgehead atoms. The molecule has 1 unspecified atom stereocenters. The molecule has 2 aromatic carbocycles. The summed E-state index contributed by atoms with van der Waals surface area (Å²) in [5.41, 5.74) is 3.03. The van der Waals surface area contributed by atoms with E-state index in [9.17, 15) is 14.4 Å². The molecule has 1 amide bonds. The van der Waals surface area contributed by atoms with Gasteiger partial charge in [-0.2, -0.15) is 9.78 Å². The molecule has 4 aromatic rings. The summed E-state index contributed by atoms with van der Waals surface area (Å²) in [7, 11) is 0. The Morgan fingerprint density at radius 2 is 1.72 bits per heavy atom. The lowest BCUT2D eigenvalue weighted by Gasteiger charge is -2.18. The summed E-state index contributed by atoms with van der Waals surface area (Å²) >= 11 is 0. The topological polar surface area (TPSA) is 86.0 Å². The first-order valence-electron chi connectivity index (χ1n) is 10.4. The van der Waals surface area contributed by atoms with E-state index in [2.05, 4.69) is 10.4 Å². The molecule has 0 spiro atoms. The van der Waals surface area contributed by atoms with E-state index in [-0.39, 0.29) is 17.2 Å². The molecule has 7 heteroatoms. The number of para-hydroxylation sites is 1. The third kappa shape index (κ3) is 3.62. The number of nitrogens with one attached hydrogen (secondary N) is 1. The fraction of sp³-hybridized carbons (Fsp3) is 0.200. The fourth-order valence-corrected chi connectivity index (χ4v) is 4.09. The summed E-state index contributed by atoms with van der Waals surface area (Å²) in [6.07, 6.45) is 1.67. The molecule has 0 aliphatic rings. The van der Waals surface area contributed by atoms with Crippen molar-refractivity contribution in [3.8, 4) is 5.69 Å². The van der Waals surface area contributed by atoms with Crippen molar-refractivity contribution in [3.05, 3.63) is 88.1 Å². The standard InChI is InChI=1S/C25H24N4O3/c1-15-22-14-26-29(21-11-6-5-7-12-21)25(32)23(22)16(2)28(15)17(3)24(31)27-20-10-8-9-19(13-20)18(4)30/h5-14,17H,1-4H3,(H,27,31). The maximum atomic E-state index is 13.3. The lowest BCUT2D eigenvalue weighted by molar-refractivity contribution is -0.118. The molecule has 2 heterocycles. The number of Topliss-reactive ketones (excluding diaryl/α,β-unsaturated/α-hetero) is 1. The quantitative estimate of drug-likeness (QED) is 0.483. The zero-order valence-corrected chi connectivity index (χ0v) is 18.4. The van der Waals surface area contributed by atoms with Gasteiger partial charge in [0.05, 0.1) is 17.3 Å². The van der Waals surface area contributed by atoms with Gasteiger partial charge in [-0.3, -0.25) is 14.4 Å². The predicted octanol–water partition coefficient (Wildman–Crippen LogP) is 4.21. The Morgan fingerprint density at radius 3 is 2.41 bits per heavy atom. The molecular weight excluding hydrogens is 404 g/mol. The van der Waals surface area contributed by atoms with Crippen molar-refractivity contribution < 1.29 is 9.59 Å². The third-order valence-corrected chi connectivity index (χ3v) is 5.76. The minimum Gasteiger partial charge on any atom is -0.336 e. The number of aryl methyl sites for hydroxylation is 2. The fourth-order valence-electron chi connectivity index (χ4n) is 4.09. The number of carbonyl (C=O) groups excluding carboxylic acids is 2. The number of nitrogens with zero attached hydrogens (tertiary/aromatic N) is 3. The number of amides is 1. The van der Waals surface area contributed by atoms with Crippen LogP contribution in [0.2, 0.25) is 0 Å². The Labute approximate surface area is 185 Å². The van der Waals surface area contributed by atoms with Crippen molar-refractivity contribution in [2.24, 2.45) is 0 Å². The van der Waals surface area contributed by atoms with Gasteiger partial charge in [-0.1, -0.05) is 30.3 Å². The van der Waals surface area contributed by atoms with Gasteiger partial charge in [-0.25, -0.2) is 0 Å². The molecule has 0 saturated heterocycles. The highest BCUT2D eigenvalue weighted by atomic mass is 16.2. The van der Waals surface area contributed by atoms with E-state index in [1.54, 1.807) is 37.4 Å². The Morgan fingerprint density at radius 1 is 1.00 bits per heavy atom. The van der Waals surface area contributed by atoms with Gasteiger partial charge in [0.15, 0.2) is 5.78 Å². The summed E-state index contributed by atoms with van der Waals surface area (Å²) in [4.78, 5) is 37.9. The Kier molecular flexibility index (Phi) is 5.48. The molecule has 0 fully saturated rings. The van der Waals surface area contributed by atoms with Crippen molar-refractivity contribution in [1.82, 2.24) is 14.3 Å². The SMILES string of the molecule is CC(=O)c1cccc(NC(=O)C(C)n2c(C)c3cnn(-c4ccccc4)c(=O)c3c2C)c1. The number of hydrogen-bond donors (Lipinski definition) is 1. The summed E-state index contributed by atoms with van der Waals surface area (Å²) in [5.74, 6) is -0.312. The van der Waals surface area contributed by atoms with Crippen molar-refractivity contribution in [3.63, 3.8) is 0 Å². The molecule has 7 nitrogen and oxygen atoms in total. The Bertz CT molecular complexity index is 1400. The van der Waals surface area contributed by atoms with Crippen LogP contribution in [0.25, 0.3) is 16.5 Å². The van der Waals surface area contributed by atoms with Crippen molar-refractivity contribution in [2.75, 3.05) is 5.32 Å². The molecule has 4 rings (SSSR count). The molecule has 0 aliphatic heterocycles. The van der Waals surface area contributed by atoms with E-state index in [1.807, 2.05) is 48.7 Å². The van der Waals surface area contributed by atoms with E-state index in [4.69, 9.17) is 0 Å². The summed E-state index contributed by atoms with van der Waals surface area (Å²) in [6, 6.07) is 15.5. The second-order valence-corrected chi connectivity index (χ2v) is 7.83. The van der Waals surface area contributed by atoms with Gasteiger partial charge < -0.3 is 9.88 Å². The molecule has 162 valence electrons. The monoisotopic (exact) mass is 428 g/mol. The highest BCUT2D eigenvalue weighted by molar-refractivity contribution is 5.98. The van der Waals surface area contributed by atoms with Crippen LogP contribution in [0.5, 0.6) is 0 Å². The number of aromatic nitrogens is 3. The number of anilines is 1. The van der Waals surface area contributed by atoms with Crippen molar-refractivity contribution in [2.45, 2.75) is 33.7 Å². The number of benzene rings is 2. The minimum absolute atomic E-state index is 0.0697. The lowest BCUT2D eigenvalue weighted by atomic mass is 10.1. The number of carbonyl (C=O) groups is 2. The maximum Gasteiger partial charge on any atom is 0.281 e. The van der Waals surface area contributed by atoms with Gasteiger partial charge in [0.1, 0.15) is 6.04 Å². The number of fused-ring (bicyclic) bond motifs is 1. The van der Waals surface area contributed by atoms with Crippen LogP contribution in [-0.4, -0.2) is 26.0 Å². The second kappa shape index (κ2) is 8.26. The molecular formula is C25H24N4O3. The van der Waals surface area contributed by atoms with E-state index in [0.717, 1.165) is 11.1 Å². The lowest BCUT2D eigenvalue weighted by Crippen LogP contribution is -2.25. The van der Waals surface area contributed by atoms with Crippen molar-refractivity contribution >= 4 is 28.2 Å². The van der Waals surface area contributed by atoms with E-state index in [1.165, 1.54) is 11.6 Å². The predicted molar refractivity (Wildman–Crippen MR) is 125 cm³/mol. The van der Waals surface area contributed by atoms with Gasteiger partial charge in [-0.05, 0) is 52.0 Å². The molecule has 0 radical (unpaired) electrons. The number of rotatable bonds is 5. The van der Waals surface area contributed by atoms with Crippen LogP contribution in [0.4, 0.5) is 5.69 Å². The number of hydrogen-bond acceptors (Lipinski definition) is 4. The normalized spacial score (nSPS) is 12.0. The van der Waals surface area contributed by atoms with Gasteiger partial charge >= 0.3 is 0 Å². The van der Waals surface area contributed by atoms with Crippen LogP contribution in [0.1, 0.15) is 41.6 Å². The largest absolute Gasteiger partial charge is 0.336 e. The second-order valence-electron chi connectivity index (χ2n) is 7.83. The van der Waals surface area contributed by atoms with Gasteiger partial charge in [-0.15, -0.1) is 0 Å². The highest BCUT2D eigenvalue weighted by Gasteiger charge is 2.24. The van der Waals surface area contributed by atoms with Gasteiger partial charge in [0.2, 0.25) is 5.91 Å². The highest BCUT2D eigenvalue weighted by Crippen LogP contribution is 2.27. The molecule has 0 saturated carbocycles. The molecule has 0 aliphatic carbocycles. The molecule has 1 N–H and O–H groups in total. The Hall–Kier alpha value is -4.00. The molecule has 1 atom stereocenters. The Balaban J connectivity index is 1.73. The molecule has 2 aromatic heterocycles. The zero-order valence-electron chi connectivity index (χ0n) is 18.4. The molecule has 32 heavy (non-hydrogen) atoms. The average Bonchev–Trinajstić information content (AvgIpc) is 3.04. The number of ketones is 1. The maximum absolute atomic E-state index is 13.3. The van der Waals surface area contributed by atoms with E-state index < -0.39 is 6.04 Å².